The highest BCUT2D eigenvalue weighted by atomic mass is 16.5. The second-order valence-corrected chi connectivity index (χ2v) is 10.3. The smallest absolute Gasteiger partial charge is 0.224 e. The van der Waals surface area contributed by atoms with Crippen LogP contribution in [-0.2, 0) is 24.2 Å². The van der Waals surface area contributed by atoms with Gasteiger partial charge in [0.15, 0.2) is 0 Å². The van der Waals surface area contributed by atoms with Crippen LogP contribution >= 0.6 is 0 Å². The molecule has 3 aliphatic rings. The summed E-state index contributed by atoms with van der Waals surface area (Å²) in [4.78, 5) is 19.8. The number of amides is 1. The molecule has 5 rings (SSSR count). The number of aromatic nitrogens is 1. The van der Waals surface area contributed by atoms with Crippen molar-refractivity contribution in [3.63, 3.8) is 0 Å². The summed E-state index contributed by atoms with van der Waals surface area (Å²) >= 11 is 0. The van der Waals surface area contributed by atoms with Crippen molar-refractivity contribution in [2.75, 3.05) is 19.7 Å². The molecule has 2 aliphatic carbocycles. The fraction of sp³-hybridized carbons (Fsp3) is 0.571. The molecule has 1 saturated heterocycles. The summed E-state index contributed by atoms with van der Waals surface area (Å²) in [5.41, 5.74) is 4.17. The van der Waals surface area contributed by atoms with E-state index >= 15 is 0 Å². The number of hydrogen-bond donors (Lipinski definition) is 1. The molecule has 176 valence electrons. The van der Waals surface area contributed by atoms with Crippen molar-refractivity contribution in [3.05, 3.63) is 59.4 Å². The second-order valence-electron chi connectivity index (χ2n) is 10.3. The van der Waals surface area contributed by atoms with Crippen LogP contribution in [-0.4, -0.2) is 41.5 Å². The summed E-state index contributed by atoms with van der Waals surface area (Å²) in [5, 5.41) is 3.38. The molecule has 1 aromatic heterocycles. The highest BCUT2D eigenvalue weighted by Crippen LogP contribution is 2.29. The van der Waals surface area contributed by atoms with Crippen molar-refractivity contribution in [2.45, 2.75) is 70.4 Å². The average molecular weight is 448 g/mol. The zero-order chi connectivity index (χ0) is 22.5. The number of carbonyl (C=O) groups excluding carboxylic acids is 1. The Morgan fingerprint density at radius 2 is 1.82 bits per heavy atom. The number of nitrogens with zero attached hydrogens (tertiary/aromatic N) is 2. The number of fused-ring (bicyclic) bond motifs is 1. The molecule has 33 heavy (non-hydrogen) atoms. The highest BCUT2D eigenvalue weighted by Gasteiger charge is 2.33. The van der Waals surface area contributed by atoms with Crippen molar-refractivity contribution in [1.82, 2.24) is 15.2 Å². The fourth-order valence-corrected chi connectivity index (χ4v) is 5.91. The van der Waals surface area contributed by atoms with Crippen LogP contribution in [0.1, 0.15) is 61.6 Å². The quantitative estimate of drug-likeness (QED) is 0.677. The summed E-state index contributed by atoms with van der Waals surface area (Å²) in [5.74, 6) is 1.58. The van der Waals surface area contributed by atoms with Crippen LogP contribution in [0.4, 0.5) is 0 Å². The van der Waals surface area contributed by atoms with E-state index < -0.39 is 0 Å². The van der Waals surface area contributed by atoms with Gasteiger partial charge in [-0.05, 0) is 79.5 Å². The molecule has 0 bridgehead atoms. The number of aryl methyl sites for hydroxylation is 2. The monoisotopic (exact) mass is 447 g/mol. The van der Waals surface area contributed by atoms with Crippen molar-refractivity contribution in [3.8, 4) is 5.75 Å². The number of likely N-dealkylation sites (tertiary alicyclic amines) is 1. The second kappa shape index (κ2) is 10.7. The maximum atomic E-state index is 13.2. The van der Waals surface area contributed by atoms with Crippen molar-refractivity contribution in [2.24, 2.45) is 11.8 Å². The molecule has 1 amide bonds. The lowest BCUT2D eigenvalue weighted by Gasteiger charge is -2.38. The van der Waals surface area contributed by atoms with Gasteiger partial charge in [-0.1, -0.05) is 25.3 Å². The number of benzene rings is 1. The molecule has 0 radical (unpaired) electrons. The van der Waals surface area contributed by atoms with Crippen molar-refractivity contribution < 1.29 is 9.53 Å². The van der Waals surface area contributed by atoms with Crippen LogP contribution in [0.2, 0.25) is 0 Å². The molecule has 2 heterocycles. The Hall–Kier alpha value is -2.40. The molecule has 0 spiro atoms. The van der Waals surface area contributed by atoms with Gasteiger partial charge < -0.3 is 10.1 Å². The summed E-state index contributed by atoms with van der Waals surface area (Å²) in [6, 6.07) is 11.1. The predicted octanol–water partition coefficient (Wildman–Crippen LogP) is 4.54. The SMILES string of the molecule is O=C(NC1CCCCC1)[C@@H]1C[C@H](COc2ccc3c(c2)CCC3)CN(Cc2ccncc2)C1. The third kappa shape index (κ3) is 5.94. The van der Waals surface area contributed by atoms with E-state index in [1.807, 2.05) is 12.4 Å². The van der Waals surface area contributed by atoms with Crippen LogP contribution in [0.3, 0.4) is 0 Å². The molecule has 2 fully saturated rings. The third-order valence-corrected chi connectivity index (χ3v) is 7.65. The number of carbonyl (C=O) groups is 1. The minimum Gasteiger partial charge on any atom is -0.493 e. The number of rotatable bonds is 7. The molecule has 5 heteroatoms. The summed E-state index contributed by atoms with van der Waals surface area (Å²) < 4.78 is 6.28. The molecule has 1 aliphatic heterocycles. The standard InChI is InChI=1S/C28H37N3O2/c32-28(30-26-7-2-1-3-8-26)25-15-22(18-31(19-25)17-21-11-13-29-14-12-21)20-33-27-10-9-23-5-4-6-24(23)16-27/h9-14,16,22,25-26H,1-8,15,17-20H2,(H,30,32)/t22-,25+/m0/s1. The molecule has 5 nitrogen and oxygen atoms in total. The van der Waals surface area contributed by atoms with Crippen LogP contribution in [0.15, 0.2) is 42.7 Å². The van der Waals surface area contributed by atoms with Crippen molar-refractivity contribution >= 4 is 5.91 Å². The Kier molecular flexibility index (Phi) is 7.25. The van der Waals surface area contributed by atoms with Crippen molar-refractivity contribution in [1.29, 1.82) is 0 Å². The van der Waals surface area contributed by atoms with Gasteiger partial charge >= 0.3 is 0 Å². The van der Waals surface area contributed by atoms with Gasteiger partial charge in [0.25, 0.3) is 0 Å². The first kappa shape index (κ1) is 22.4. The fourth-order valence-electron chi connectivity index (χ4n) is 5.91. The minimum absolute atomic E-state index is 0.0242. The van der Waals surface area contributed by atoms with Crippen LogP contribution < -0.4 is 10.1 Å². The Bertz CT molecular complexity index is 926. The van der Waals surface area contributed by atoms with Gasteiger partial charge in [0, 0.05) is 44.0 Å². The van der Waals surface area contributed by atoms with Gasteiger partial charge in [-0.25, -0.2) is 0 Å². The number of piperidine rings is 1. The first-order valence-electron chi connectivity index (χ1n) is 12.9. The lowest BCUT2D eigenvalue weighted by atomic mass is 9.87. The van der Waals surface area contributed by atoms with E-state index in [0.29, 0.717) is 18.6 Å². The van der Waals surface area contributed by atoms with Gasteiger partial charge in [0.1, 0.15) is 5.75 Å². The van der Waals surface area contributed by atoms with Crippen LogP contribution in [0, 0.1) is 11.8 Å². The van der Waals surface area contributed by atoms with Crippen LogP contribution in [0.5, 0.6) is 5.75 Å². The Balaban J connectivity index is 1.23. The number of pyridine rings is 1. The van der Waals surface area contributed by atoms with E-state index in [0.717, 1.165) is 44.6 Å². The normalized spacial score (nSPS) is 23.8. The highest BCUT2D eigenvalue weighted by molar-refractivity contribution is 5.79. The van der Waals surface area contributed by atoms with E-state index in [9.17, 15) is 4.79 Å². The Labute approximate surface area is 197 Å². The molecule has 0 unspecified atom stereocenters. The molecule has 2 atom stereocenters. The number of ether oxygens (including phenoxy) is 1. The zero-order valence-corrected chi connectivity index (χ0v) is 19.7. The Morgan fingerprint density at radius 1 is 1.00 bits per heavy atom. The molecular weight excluding hydrogens is 410 g/mol. The van der Waals surface area contributed by atoms with Gasteiger partial charge in [-0.2, -0.15) is 0 Å². The topological polar surface area (TPSA) is 54.5 Å². The Morgan fingerprint density at radius 3 is 2.67 bits per heavy atom. The molecule has 2 aromatic rings. The summed E-state index contributed by atoms with van der Waals surface area (Å²) in [6.45, 7) is 3.29. The van der Waals surface area contributed by atoms with E-state index in [1.165, 1.54) is 55.2 Å². The first-order chi connectivity index (χ1) is 16.2. The maximum absolute atomic E-state index is 13.2. The summed E-state index contributed by atoms with van der Waals surface area (Å²) in [7, 11) is 0. The molecular formula is C28H37N3O2. The minimum atomic E-state index is 0.0242. The van der Waals surface area contributed by atoms with E-state index in [2.05, 4.69) is 45.5 Å². The molecule has 1 saturated carbocycles. The van der Waals surface area contributed by atoms with E-state index in [4.69, 9.17) is 4.74 Å². The molecule has 1 N–H and O–H groups in total. The predicted molar refractivity (Wildman–Crippen MR) is 130 cm³/mol. The average Bonchev–Trinajstić information content (AvgIpc) is 3.32. The lowest BCUT2D eigenvalue weighted by Crippen LogP contribution is -2.49. The van der Waals surface area contributed by atoms with Gasteiger partial charge in [0.05, 0.1) is 12.5 Å². The number of nitrogens with one attached hydrogen (secondary N) is 1. The van der Waals surface area contributed by atoms with E-state index in [1.54, 1.807) is 0 Å². The molecule has 1 aromatic carbocycles. The van der Waals surface area contributed by atoms with Gasteiger partial charge in [-0.3, -0.25) is 14.7 Å². The third-order valence-electron chi connectivity index (χ3n) is 7.65. The van der Waals surface area contributed by atoms with Gasteiger partial charge in [-0.15, -0.1) is 0 Å². The summed E-state index contributed by atoms with van der Waals surface area (Å²) in [6.07, 6.45) is 14.2. The lowest BCUT2D eigenvalue weighted by molar-refractivity contribution is -0.128. The number of hydrogen-bond acceptors (Lipinski definition) is 4. The first-order valence-corrected chi connectivity index (χ1v) is 12.9. The largest absolute Gasteiger partial charge is 0.493 e. The maximum Gasteiger partial charge on any atom is 0.224 e. The van der Waals surface area contributed by atoms with E-state index in [-0.39, 0.29) is 11.8 Å². The van der Waals surface area contributed by atoms with Gasteiger partial charge in [0.2, 0.25) is 5.91 Å². The van der Waals surface area contributed by atoms with Crippen LogP contribution in [0.25, 0.3) is 0 Å². The zero-order valence-electron chi connectivity index (χ0n) is 19.7.